The van der Waals surface area contributed by atoms with Gasteiger partial charge in [-0.25, -0.2) is 9.18 Å². The number of halogens is 1. The highest BCUT2D eigenvalue weighted by Crippen LogP contribution is 2.26. The number of carbonyl (C=O) groups excluding carboxylic acids is 1. The number of anilines is 1. The van der Waals surface area contributed by atoms with Gasteiger partial charge in [0.2, 0.25) is 0 Å². The summed E-state index contributed by atoms with van der Waals surface area (Å²) in [6.45, 7) is 2.39. The fourth-order valence-electron chi connectivity index (χ4n) is 2.79. The Morgan fingerprint density at radius 2 is 1.81 bits per heavy atom. The van der Waals surface area contributed by atoms with Gasteiger partial charge < -0.3 is 4.90 Å². The summed E-state index contributed by atoms with van der Waals surface area (Å²) in [7, 11) is 2.98. The van der Waals surface area contributed by atoms with Crippen molar-refractivity contribution in [2.24, 2.45) is 14.1 Å². The Labute approximate surface area is 152 Å². The number of aryl methyl sites for hydroxylation is 1. The molecule has 0 aliphatic carbocycles. The molecule has 0 atom stereocenters. The third-order valence-corrected chi connectivity index (χ3v) is 5.37. The lowest BCUT2D eigenvalue weighted by atomic mass is 10.2. The summed E-state index contributed by atoms with van der Waals surface area (Å²) in [5.41, 5.74) is -0.285. The van der Waals surface area contributed by atoms with Crippen molar-refractivity contribution in [3.05, 3.63) is 61.9 Å². The van der Waals surface area contributed by atoms with Crippen LogP contribution >= 0.6 is 11.3 Å². The molecule has 0 aliphatic heterocycles. The van der Waals surface area contributed by atoms with Crippen molar-refractivity contribution in [2.45, 2.75) is 13.3 Å². The Kier molecular flexibility index (Phi) is 4.78. The average Bonchev–Trinajstić information content (AvgIpc) is 3.09. The SMILES string of the molecule is CCCN(C(=O)c1cc2c(=O)n(C)c(=O)n(C)c2s1)c1ccc(F)cc1. The maximum atomic E-state index is 13.2. The first-order valence-corrected chi connectivity index (χ1v) is 8.93. The molecule has 0 fully saturated rings. The molecule has 0 bridgehead atoms. The van der Waals surface area contributed by atoms with E-state index in [0.29, 0.717) is 33.7 Å². The molecular formula is C18H18FN3O3S. The molecule has 136 valence electrons. The monoisotopic (exact) mass is 375 g/mol. The number of nitrogens with zero attached hydrogens (tertiary/aromatic N) is 3. The number of aromatic nitrogens is 2. The van der Waals surface area contributed by atoms with E-state index in [1.165, 1.54) is 29.8 Å². The number of amides is 1. The summed E-state index contributed by atoms with van der Waals surface area (Å²) in [5.74, 6) is -0.660. The van der Waals surface area contributed by atoms with Crippen molar-refractivity contribution in [2.75, 3.05) is 11.4 Å². The van der Waals surface area contributed by atoms with Crippen LogP contribution in [0.4, 0.5) is 10.1 Å². The fraction of sp³-hybridized carbons (Fsp3) is 0.278. The van der Waals surface area contributed by atoms with Gasteiger partial charge in [0.15, 0.2) is 0 Å². The first-order chi connectivity index (χ1) is 12.3. The Morgan fingerprint density at radius 3 is 2.42 bits per heavy atom. The molecule has 0 radical (unpaired) electrons. The fourth-order valence-corrected chi connectivity index (χ4v) is 3.85. The van der Waals surface area contributed by atoms with Crippen LogP contribution in [0.15, 0.2) is 39.9 Å². The summed E-state index contributed by atoms with van der Waals surface area (Å²) in [6, 6.07) is 7.22. The molecule has 2 aromatic heterocycles. The largest absolute Gasteiger partial charge is 0.331 e. The second kappa shape index (κ2) is 6.87. The number of thiophene rings is 1. The van der Waals surface area contributed by atoms with E-state index in [9.17, 15) is 18.8 Å². The highest BCUT2D eigenvalue weighted by molar-refractivity contribution is 7.20. The standard InChI is InChI=1S/C18H18FN3O3S/c1-4-9-22(12-7-5-11(19)6-8-12)16(24)14-10-13-15(23)20(2)18(25)21(3)17(13)26-14/h5-8,10H,4,9H2,1-3H3. The molecule has 1 aromatic carbocycles. The van der Waals surface area contributed by atoms with Crippen LogP contribution in [0.1, 0.15) is 23.0 Å². The summed E-state index contributed by atoms with van der Waals surface area (Å²) in [5, 5.41) is 0.332. The van der Waals surface area contributed by atoms with Gasteiger partial charge in [0.25, 0.3) is 11.5 Å². The summed E-state index contributed by atoms with van der Waals surface area (Å²) >= 11 is 1.11. The van der Waals surface area contributed by atoms with Crippen LogP contribution in [0.2, 0.25) is 0 Å². The minimum atomic E-state index is -0.438. The second-order valence-electron chi connectivity index (χ2n) is 5.97. The van der Waals surface area contributed by atoms with Gasteiger partial charge in [-0.1, -0.05) is 6.92 Å². The molecule has 0 unspecified atom stereocenters. The van der Waals surface area contributed by atoms with Crippen molar-refractivity contribution in [3.63, 3.8) is 0 Å². The third kappa shape index (κ3) is 2.96. The van der Waals surface area contributed by atoms with E-state index in [1.807, 2.05) is 6.92 Å². The summed E-state index contributed by atoms with van der Waals surface area (Å²) in [6.07, 6.45) is 0.717. The molecule has 3 rings (SSSR count). The Hall–Kier alpha value is -2.74. The minimum absolute atomic E-state index is 0.283. The molecule has 1 amide bonds. The lowest BCUT2D eigenvalue weighted by Gasteiger charge is -2.21. The van der Waals surface area contributed by atoms with Crippen molar-refractivity contribution in [3.8, 4) is 0 Å². The molecule has 26 heavy (non-hydrogen) atoms. The lowest BCUT2D eigenvalue weighted by molar-refractivity contribution is 0.0991. The maximum absolute atomic E-state index is 13.2. The second-order valence-corrected chi connectivity index (χ2v) is 7.00. The van der Waals surface area contributed by atoms with E-state index in [-0.39, 0.29) is 11.7 Å². The quantitative estimate of drug-likeness (QED) is 0.704. The topological polar surface area (TPSA) is 64.3 Å². The molecule has 8 heteroatoms. The smallest absolute Gasteiger partial charge is 0.308 e. The van der Waals surface area contributed by atoms with Crippen molar-refractivity contribution in [1.82, 2.24) is 9.13 Å². The van der Waals surface area contributed by atoms with Gasteiger partial charge in [-0.3, -0.25) is 18.7 Å². The van der Waals surface area contributed by atoms with Crippen LogP contribution in [0.5, 0.6) is 0 Å². The van der Waals surface area contributed by atoms with Crippen LogP contribution in [-0.2, 0) is 14.1 Å². The van der Waals surface area contributed by atoms with Gasteiger partial charge in [-0.2, -0.15) is 0 Å². The van der Waals surface area contributed by atoms with E-state index in [0.717, 1.165) is 15.9 Å². The number of hydrogen-bond acceptors (Lipinski definition) is 4. The predicted octanol–water partition coefficient (Wildman–Crippen LogP) is 2.49. The molecule has 3 aromatic rings. The predicted molar refractivity (Wildman–Crippen MR) is 101 cm³/mol. The van der Waals surface area contributed by atoms with E-state index < -0.39 is 11.2 Å². The molecule has 0 saturated carbocycles. The highest BCUT2D eigenvalue weighted by Gasteiger charge is 2.22. The maximum Gasteiger partial charge on any atom is 0.331 e. The van der Waals surface area contributed by atoms with E-state index in [2.05, 4.69) is 0 Å². The zero-order valence-corrected chi connectivity index (χ0v) is 15.5. The van der Waals surface area contributed by atoms with Gasteiger partial charge in [0.05, 0.1) is 10.3 Å². The van der Waals surface area contributed by atoms with Gasteiger partial charge in [0.1, 0.15) is 10.6 Å². The number of benzene rings is 1. The first kappa shape index (κ1) is 18.1. The van der Waals surface area contributed by atoms with Crippen LogP contribution in [0, 0.1) is 5.82 Å². The minimum Gasteiger partial charge on any atom is -0.308 e. The van der Waals surface area contributed by atoms with Gasteiger partial charge >= 0.3 is 5.69 Å². The highest BCUT2D eigenvalue weighted by atomic mass is 32.1. The average molecular weight is 375 g/mol. The molecular weight excluding hydrogens is 357 g/mol. The molecule has 0 N–H and O–H groups in total. The molecule has 0 saturated heterocycles. The van der Waals surface area contributed by atoms with Crippen LogP contribution in [-0.4, -0.2) is 21.6 Å². The van der Waals surface area contributed by atoms with E-state index >= 15 is 0 Å². The molecule has 6 nitrogen and oxygen atoms in total. The molecule has 2 heterocycles. The zero-order valence-electron chi connectivity index (χ0n) is 14.7. The van der Waals surface area contributed by atoms with Crippen molar-refractivity contribution >= 4 is 33.1 Å². The summed E-state index contributed by atoms with van der Waals surface area (Å²) in [4.78, 5) is 39.8. The number of hydrogen-bond donors (Lipinski definition) is 0. The number of rotatable bonds is 4. The normalized spacial score (nSPS) is 11.1. The van der Waals surface area contributed by atoms with Gasteiger partial charge in [0, 0.05) is 26.3 Å². The van der Waals surface area contributed by atoms with Crippen LogP contribution in [0.25, 0.3) is 10.2 Å². The number of fused-ring (bicyclic) bond motifs is 1. The van der Waals surface area contributed by atoms with Gasteiger partial charge in [-0.05, 0) is 36.8 Å². The Morgan fingerprint density at radius 1 is 1.15 bits per heavy atom. The van der Waals surface area contributed by atoms with E-state index in [4.69, 9.17) is 0 Å². The number of carbonyl (C=O) groups is 1. The van der Waals surface area contributed by atoms with Crippen molar-refractivity contribution in [1.29, 1.82) is 0 Å². The molecule has 0 spiro atoms. The van der Waals surface area contributed by atoms with Crippen LogP contribution in [0.3, 0.4) is 0 Å². The van der Waals surface area contributed by atoms with Gasteiger partial charge in [-0.15, -0.1) is 11.3 Å². The Balaban J connectivity index is 2.12. The van der Waals surface area contributed by atoms with E-state index in [1.54, 1.807) is 24.1 Å². The molecule has 0 aliphatic rings. The first-order valence-electron chi connectivity index (χ1n) is 8.12. The van der Waals surface area contributed by atoms with Crippen molar-refractivity contribution < 1.29 is 9.18 Å². The van der Waals surface area contributed by atoms with Crippen LogP contribution < -0.4 is 16.1 Å². The zero-order chi connectivity index (χ0) is 19.0. The third-order valence-electron chi connectivity index (χ3n) is 4.17. The summed E-state index contributed by atoms with van der Waals surface area (Å²) < 4.78 is 15.6. The lowest BCUT2D eigenvalue weighted by Crippen LogP contribution is -2.36. The Bertz CT molecular complexity index is 1100.